The fourth-order valence-electron chi connectivity index (χ4n) is 1.71. The van der Waals surface area contributed by atoms with E-state index in [4.69, 9.17) is 4.74 Å². The summed E-state index contributed by atoms with van der Waals surface area (Å²) in [5.74, 6) is 0. The van der Waals surface area contributed by atoms with Crippen LogP contribution in [0.25, 0.3) is 0 Å². The molecule has 1 fully saturated rings. The summed E-state index contributed by atoms with van der Waals surface area (Å²) >= 11 is 0. The van der Waals surface area contributed by atoms with E-state index < -0.39 is 0 Å². The van der Waals surface area contributed by atoms with Gasteiger partial charge in [-0.05, 0) is 18.4 Å². The normalized spacial score (nSPS) is 14.4. The Labute approximate surface area is 103 Å². The smallest absolute Gasteiger partial charge is 0.410 e. The van der Waals surface area contributed by atoms with Crippen LogP contribution < -0.4 is 0 Å². The van der Waals surface area contributed by atoms with Crippen LogP contribution in [-0.2, 0) is 11.3 Å². The average molecular weight is 239 g/mol. The van der Waals surface area contributed by atoms with E-state index in [0.717, 1.165) is 31.5 Å². The van der Waals surface area contributed by atoms with Crippen LogP contribution >= 0.6 is 13.5 Å². The molecular formula is C12H17NO2S. The maximum Gasteiger partial charge on any atom is 0.410 e. The Morgan fingerprint density at radius 1 is 1.19 bits per heavy atom. The molecule has 1 aromatic carbocycles. The van der Waals surface area contributed by atoms with Crippen LogP contribution in [0.15, 0.2) is 30.3 Å². The minimum Gasteiger partial charge on any atom is -0.445 e. The second-order valence-corrected chi connectivity index (χ2v) is 3.73. The molecule has 0 atom stereocenters. The van der Waals surface area contributed by atoms with Crippen molar-refractivity contribution < 1.29 is 9.53 Å². The highest BCUT2D eigenvalue weighted by atomic mass is 32.1. The van der Waals surface area contributed by atoms with Crippen LogP contribution in [0.5, 0.6) is 0 Å². The van der Waals surface area contributed by atoms with Crippen molar-refractivity contribution in [2.24, 2.45) is 0 Å². The minimum absolute atomic E-state index is 0. The summed E-state index contributed by atoms with van der Waals surface area (Å²) in [6.07, 6.45) is 2.01. The summed E-state index contributed by atoms with van der Waals surface area (Å²) in [5, 5.41) is 0. The molecule has 0 radical (unpaired) electrons. The molecule has 1 heterocycles. The van der Waals surface area contributed by atoms with Crippen LogP contribution in [0.1, 0.15) is 18.4 Å². The molecule has 1 amide bonds. The van der Waals surface area contributed by atoms with Crippen molar-refractivity contribution in [3.63, 3.8) is 0 Å². The Kier molecular flexibility index (Phi) is 5.19. The van der Waals surface area contributed by atoms with Crippen molar-refractivity contribution in [1.82, 2.24) is 4.90 Å². The molecule has 0 aromatic heterocycles. The maximum atomic E-state index is 11.5. The third-order valence-electron chi connectivity index (χ3n) is 2.57. The third kappa shape index (κ3) is 3.45. The van der Waals surface area contributed by atoms with Crippen molar-refractivity contribution in [1.29, 1.82) is 0 Å². The van der Waals surface area contributed by atoms with Crippen molar-refractivity contribution in [3.8, 4) is 0 Å². The topological polar surface area (TPSA) is 29.5 Å². The summed E-state index contributed by atoms with van der Waals surface area (Å²) in [5.41, 5.74) is 1.03. The first-order chi connectivity index (χ1) is 7.36. The van der Waals surface area contributed by atoms with Gasteiger partial charge in [-0.25, -0.2) is 4.79 Å². The molecule has 0 N–H and O–H groups in total. The lowest BCUT2D eigenvalue weighted by atomic mass is 10.2. The third-order valence-corrected chi connectivity index (χ3v) is 2.57. The highest BCUT2D eigenvalue weighted by molar-refractivity contribution is 7.59. The van der Waals surface area contributed by atoms with Crippen LogP contribution in [0.4, 0.5) is 4.79 Å². The zero-order valence-corrected chi connectivity index (χ0v) is 10.2. The standard InChI is InChI=1S/C12H15NO2.H2S/c14-12(13-8-4-5-9-13)15-10-11-6-2-1-3-7-11;/h1-3,6-7H,4-5,8-10H2;1H2. The first kappa shape index (κ1) is 12.9. The largest absolute Gasteiger partial charge is 0.445 e. The van der Waals surface area contributed by atoms with Gasteiger partial charge in [0.25, 0.3) is 0 Å². The summed E-state index contributed by atoms with van der Waals surface area (Å²) in [6, 6.07) is 9.75. The van der Waals surface area contributed by atoms with Gasteiger partial charge in [0.05, 0.1) is 0 Å². The van der Waals surface area contributed by atoms with Crippen molar-refractivity contribution in [3.05, 3.63) is 35.9 Å². The van der Waals surface area contributed by atoms with Gasteiger partial charge in [-0.1, -0.05) is 30.3 Å². The molecule has 1 aliphatic rings. The zero-order chi connectivity index (χ0) is 10.5. The number of carbonyl (C=O) groups is 1. The van der Waals surface area contributed by atoms with Gasteiger partial charge in [0.2, 0.25) is 0 Å². The number of likely N-dealkylation sites (tertiary alicyclic amines) is 1. The highest BCUT2D eigenvalue weighted by Crippen LogP contribution is 2.10. The number of hydrogen-bond donors (Lipinski definition) is 0. The predicted molar refractivity (Wildman–Crippen MR) is 67.8 cm³/mol. The van der Waals surface area contributed by atoms with E-state index in [0.29, 0.717) is 6.61 Å². The molecule has 1 aliphatic heterocycles. The highest BCUT2D eigenvalue weighted by Gasteiger charge is 2.18. The van der Waals surface area contributed by atoms with Crippen molar-refractivity contribution in [2.75, 3.05) is 13.1 Å². The molecule has 1 saturated heterocycles. The van der Waals surface area contributed by atoms with Gasteiger partial charge < -0.3 is 9.64 Å². The molecule has 0 saturated carbocycles. The molecule has 0 unspecified atom stereocenters. The molecule has 88 valence electrons. The first-order valence-corrected chi connectivity index (χ1v) is 5.32. The lowest BCUT2D eigenvalue weighted by Crippen LogP contribution is -2.28. The molecule has 0 bridgehead atoms. The SMILES string of the molecule is O=C(OCc1ccccc1)N1CCCC1.S. The average Bonchev–Trinajstić information content (AvgIpc) is 2.81. The molecule has 4 heteroatoms. The van der Waals surface area contributed by atoms with Crippen molar-refractivity contribution in [2.45, 2.75) is 19.4 Å². The molecule has 1 aromatic rings. The van der Waals surface area contributed by atoms with Gasteiger partial charge in [0, 0.05) is 13.1 Å². The van der Waals surface area contributed by atoms with Gasteiger partial charge >= 0.3 is 6.09 Å². The van der Waals surface area contributed by atoms with Crippen molar-refractivity contribution >= 4 is 19.6 Å². The Bertz CT molecular complexity index is 323. The molecule has 0 aliphatic carbocycles. The summed E-state index contributed by atoms with van der Waals surface area (Å²) in [6.45, 7) is 2.05. The first-order valence-electron chi connectivity index (χ1n) is 5.32. The van der Waals surface area contributed by atoms with Gasteiger partial charge in [-0.15, -0.1) is 0 Å². The number of amides is 1. The van der Waals surface area contributed by atoms with Gasteiger partial charge in [-0.3, -0.25) is 0 Å². The number of ether oxygens (including phenoxy) is 1. The minimum atomic E-state index is -0.184. The van der Waals surface area contributed by atoms with Crippen LogP contribution in [0, 0.1) is 0 Å². The predicted octanol–water partition coefficient (Wildman–Crippen LogP) is 2.53. The number of carbonyl (C=O) groups excluding carboxylic acids is 1. The Hall–Kier alpha value is -1.16. The lowest BCUT2D eigenvalue weighted by Gasteiger charge is -2.14. The van der Waals surface area contributed by atoms with E-state index in [1.165, 1.54) is 0 Å². The van der Waals surface area contributed by atoms with E-state index in [2.05, 4.69) is 0 Å². The van der Waals surface area contributed by atoms with Gasteiger partial charge in [-0.2, -0.15) is 13.5 Å². The van der Waals surface area contributed by atoms with Gasteiger partial charge in [0.1, 0.15) is 6.61 Å². The Balaban J connectivity index is 0.00000128. The Morgan fingerprint density at radius 3 is 2.44 bits per heavy atom. The van der Waals surface area contributed by atoms with Crippen LogP contribution in [0.3, 0.4) is 0 Å². The number of benzene rings is 1. The van der Waals surface area contributed by atoms with Crippen LogP contribution in [0.2, 0.25) is 0 Å². The molecule has 3 nitrogen and oxygen atoms in total. The summed E-state index contributed by atoms with van der Waals surface area (Å²) in [4.78, 5) is 13.3. The second-order valence-electron chi connectivity index (χ2n) is 3.73. The quantitative estimate of drug-likeness (QED) is 0.793. The van der Waals surface area contributed by atoms with E-state index in [9.17, 15) is 4.79 Å². The molecule has 0 spiro atoms. The lowest BCUT2D eigenvalue weighted by molar-refractivity contribution is 0.104. The zero-order valence-electron chi connectivity index (χ0n) is 9.19. The number of hydrogen-bond acceptors (Lipinski definition) is 2. The monoisotopic (exact) mass is 239 g/mol. The summed E-state index contributed by atoms with van der Waals surface area (Å²) in [7, 11) is 0. The Morgan fingerprint density at radius 2 is 1.81 bits per heavy atom. The van der Waals surface area contributed by atoms with E-state index in [1.807, 2.05) is 30.3 Å². The van der Waals surface area contributed by atoms with E-state index >= 15 is 0 Å². The summed E-state index contributed by atoms with van der Waals surface area (Å²) < 4.78 is 5.20. The molecule has 2 rings (SSSR count). The van der Waals surface area contributed by atoms with E-state index in [-0.39, 0.29) is 19.6 Å². The van der Waals surface area contributed by atoms with E-state index in [1.54, 1.807) is 4.90 Å². The molecular weight excluding hydrogens is 222 g/mol. The maximum absolute atomic E-state index is 11.5. The number of rotatable bonds is 2. The fraction of sp³-hybridized carbons (Fsp3) is 0.417. The van der Waals surface area contributed by atoms with Gasteiger partial charge in [0.15, 0.2) is 0 Å². The fourth-order valence-corrected chi connectivity index (χ4v) is 1.71. The molecule has 16 heavy (non-hydrogen) atoms. The number of nitrogens with zero attached hydrogens (tertiary/aromatic N) is 1. The van der Waals surface area contributed by atoms with Crippen LogP contribution in [-0.4, -0.2) is 24.1 Å². The second kappa shape index (κ2) is 6.43.